The molecule has 1 aliphatic heterocycles. The average Bonchev–Trinajstić information content (AvgIpc) is 3.33. The Morgan fingerprint density at radius 3 is 2.72 bits per heavy atom. The number of pyridine rings is 1. The summed E-state index contributed by atoms with van der Waals surface area (Å²) in [4.78, 5) is 16.1. The zero-order chi connectivity index (χ0) is 21.5. The van der Waals surface area contributed by atoms with Crippen LogP contribution in [-0.4, -0.2) is 51.8 Å². The van der Waals surface area contributed by atoms with Crippen molar-refractivity contribution in [2.24, 2.45) is 4.99 Å². The van der Waals surface area contributed by atoms with Gasteiger partial charge in [-0.1, -0.05) is 24.3 Å². The summed E-state index contributed by atoms with van der Waals surface area (Å²) in [6.07, 6.45) is 3.63. The first-order valence-electron chi connectivity index (χ1n) is 10.9. The lowest BCUT2D eigenvalue weighted by atomic mass is 10.1. The van der Waals surface area contributed by atoms with Gasteiger partial charge >= 0.3 is 0 Å². The normalized spacial score (nSPS) is 14.7. The fourth-order valence-corrected chi connectivity index (χ4v) is 3.80. The van der Waals surface area contributed by atoms with Gasteiger partial charge in [0, 0.05) is 36.9 Å². The maximum absolute atomic E-state index is 4.81. The van der Waals surface area contributed by atoms with Crippen LogP contribution in [0.4, 0.5) is 5.82 Å². The number of aromatic nitrogens is 4. The summed E-state index contributed by atoms with van der Waals surface area (Å²) in [6, 6.07) is 14.8. The van der Waals surface area contributed by atoms with Crippen molar-refractivity contribution in [3.8, 4) is 11.4 Å². The Labute approximate surface area is 206 Å². The molecule has 0 amide bonds. The van der Waals surface area contributed by atoms with Crippen molar-refractivity contribution in [2.45, 2.75) is 39.3 Å². The number of guanidine groups is 1. The summed E-state index contributed by atoms with van der Waals surface area (Å²) >= 11 is 0. The van der Waals surface area contributed by atoms with E-state index in [1.165, 1.54) is 6.33 Å². The molecule has 8 nitrogen and oxygen atoms in total. The molecule has 32 heavy (non-hydrogen) atoms. The van der Waals surface area contributed by atoms with E-state index in [1.807, 2.05) is 25.1 Å². The highest BCUT2D eigenvalue weighted by Crippen LogP contribution is 2.19. The second kappa shape index (κ2) is 11.8. The fraction of sp³-hybridized carbons (Fsp3) is 0.391. The van der Waals surface area contributed by atoms with E-state index in [9.17, 15) is 0 Å². The number of nitrogens with one attached hydrogen (secondary N) is 3. The second-order valence-electron chi connectivity index (χ2n) is 7.77. The number of rotatable bonds is 6. The Morgan fingerprint density at radius 2 is 2.00 bits per heavy atom. The molecule has 9 heteroatoms. The number of aromatic amines is 1. The number of piperidine rings is 1. The van der Waals surface area contributed by atoms with Crippen molar-refractivity contribution in [1.29, 1.82) is 0 Å². The van der Waals surface area contributed by atoms with Crippen LogP contribution in [0.1, 0.15) is 31.0 Å². The van der Waals surface area contributed by atoms with E-state index < -0.39 is 0 Å². The van der Waals surface area contributed by atoms with E-state index in [2.05, 4.69) is 66.9 Å². The SMILES string of the molecule is CCNC(=NCc1cccc(-c2ncn[nH]2)c1)NC1CCN(c2cccc(C)n2)CC1.I. The van der Waals surface area contributed by atoms with Crippen molar-refractivity contribution >= 4 is 35.8 Å². The molecular formula is C23H31IN8. The first kappa shape index (κ1) is 24.0. The standard InChI is InChI=1S/C23H30N8.HI/c1-3-24-23(25-15-18-7-5-8-19(14-18)22-26-16-27-30-22)29-20-10-12-31(13-11-20)21-9-4-6-17(2)28-21;/h4-9,14,16,20H,3,10-13,15H2,1-2H3,(H2,24,25,29)(H,26,27,30);1H. The predicted molar refractivity (Wildman–Crippen MR) is 139 cm³/mol. The fourth-order valence-electron chi connectivity index (χ4n) is 3.80. The zero-order valence-electron chi connectivity index (χ0n) is 18.6. The summed E-state index contributed by atoms with van der Waals surface area (Å²) in [7, 11) is 0. The van der Waals surface area contributed by atoms with Crippen molar-refractivity contribution in [3.63, 3.8) is 0 Å². The number of aryl methyl sites for hydroxylation is 1. The van der Waals surface area contributed by atoms with E-state index in [4.69, 9.17) is 4.99 Å². The number of benzene rings is 1. The summed E-state index contributed by atoms with van der Waals surface area (Å²) in [5, 5.41) is 13.8. The van der Waals surface area contributed by atoms with Crippen LogP contribution in [0.5, 0.6) is 0 Å². The van der Waals surface area contributed by atoms with Gasteiger partial charge in [0.15, 0.2) is 11.8 Å². The largest absolute Gasteiger partial charge is 0.357 e. The highest BCUT2D eigenvalue weighted by Gasteiger charge is 2.21. The Bertz CT molecular complexity index is 997. The van der Waals surface area contributed by atoms with E-state index >= 15 is 0 Å². The second-order valence-corrected chi connectivity index (χ2v) is 7.77. The first-order valence-corrected chi connectivity index (χ1v) is 10.9. The molecule has 1 aromatic carbocycles. The number of hydrogen-bond donors (Lipinski definition) is 3. The molecule has 2 aromatic heterocycles. The van der Waals surface area contributed by atoms with Crippen LogP contribution in [0.25, 0.3) is 11.4 Å². The topological polar surface area (TPSA) is 94.1 Å². The number of aliphatic imine (C=N–C) groups is 1. The van der Waals surface area contributed by atoms with Gasteiger partial charge in [0.05, 0.1) is 6.54 Å². The number of anilines is 1. The minimum absolute atomic E-state index is 0. The van der Waals surface area contributed by atoms with Crippen LogP contribution in [0.2, 0.25) is 0 Å². The number of H-pyrrole nitrogens is 1. The molecule has 0 aliphatic carbocycles. The van der Waals surface area contributed by atoms with Gasteiger partial charge in [0.2, 0.25) is 0 Å². The first-order chi connectivity index (χ1) is 15.2. The highest BCUT2D eigenvalue weighted by atomic mass is 127. The summed E-state index contributed by atoms with van der Waals surface area (Å²) < 4.78 is 0. The molecule has 1 fully saturated rings. The Hall–Kier alpha value is -2.69. The Kier molecular flexibility index (Phi) is 8.83. The predicted octanol–water partition coefficient (Wildman–Crippen LogP) is 3.52. The monoisotopic (exact) mass is 546 g/mol. The van der Waals surface area contributed by atoms with Crippen LogP contribution in [0, 0.1) is 6.92 Å². The lowest BCUT2D eigenvalue weighted by Crippen LogP contribution is -2.48. The molecule has 3 heterocycles. The smallest absolute Gasteiger partial charge is 0.191 e. The quantitative estimate of drug-likeness (QED) is 0.249. The molecule has 3 aromatic rings. The van der Waals surface area contributed by atoms with Gasteiger partial charge in [-0.25, -0.2) is 15.0 Å². The number of hydrogen-bond acceptors (Lipinski definition) is 5. The van der Waals surface area contributed by atoms with Gasteiger partial charge in [-0.2, -0.15) is 5.10 Å². The summed E-state index contributed by atoms with van der Waals surface area (Å²) in [5.41, 5.74) is 3.21. The molecule has 1 aliphatic rings. The molecular weight excluding hydrogens is 515 g/mol. The van der Waals surface area contributed by atoms with Crippen molar-refractivity contribution in [3.05, 3.63) is 60.0 Å². The van der Waals surface area contributed by atoms with E-state index in [0.717, 1.165) is 66.9 Å². The molecule has 1 saturated heterocycles. The highest BCUT2D eigenvalue weighted by molar-refractivity contribution is 14.0. The maximum Gasteiger partial charge on any atom is 0.191 e. The molecule has 0 atom stereocenters. The number of nitrogens with zero attached hydrogens (tertiary/aromatic N) is 5. The Morgan fingerprint density at radius 1 is 1.19 bits per heavy atom. The number of halogens is 1. The van der Waals surface area contributed by atoms with E-state index in [0.29, 0.717) is 12.6 Å². The van der Waals surface area contributed by atoms with Gasteiger partial charge in [-0.15, -0.1) is 24.0 Å². The molecule has 0 unspecified atom stereocenters. The van der Waals surface area contributed by atoms with Gasteiger partial charge in [0.1, 0.15) is 12.1 Å². The molecule has 0 radical (unpaired) electrons. The van der Waals surface area contributed by atoms with Gasteiger partial charge in [0.25, 0.3) is 0 Å². The Balaban J connectivity index is 0.00000289. The molecule has 0 spiro atoms. The van der Waals surface area contributed by atoms with Crippen LogP contribution in [-0.2, 0) is 6.54 Å². The maximum atomic E-state index is 4.81. The minimum Gasteiger partial charge on any atom is -0.357 e. The minimum atomic E-state index is 0. The van der Waals surface area contributed by atoms with Crippen LogP contribution < -0.4 is 15.5 Å². The molecule has 3 N–H and O–H groups in total. The molecule has 4 rings (SSSR count). The van der Waals surface area contributed by atoms with Crippen molar-refractivity contribution in [1.82, 2.24) is 30.8 Å². The lowest BCUT2D eigenvalue weighted by Gasteiger charge is -2.34. The van der Waals surface area contributed by atoms with Crippen LogP contribution in [0.15, 0.2) is 53.8 Å². The van der Waals surface area contributed by atoms with Crippen molar-refractivity contribution in [2.75, 3.05) is 24.5 Å². The molecule has 0 saturated carbocycles. The van der Waals surface area contributed by atoms with Gasteiger partial charge < -0.3 is 15.5 Å². The van der Waals surface area contributed by atoms with E-state index in [1.54, 1.807) is 0 Å². The van der Waals surface area contributed by atoms with Gasteiger partial charge in [-0.05, 0) is 50.5 Å². The van der Waals surface area contributed by atoms with Crippen LogP contribution >= 0.6 is 24.0 Å². The summed E-state index contributed by atoms with van der Waals surface area (Å²) in [5.74, 6) is 2.70. The molecule has 0 bridgehead atoms. The third-order valence-corrected chi connectivity index (χ3v) is 5.41. The third-order valence-electron chi connectivity index (χ3n) is 5.41. The zero-order valence-corrected chi connectivity index (χ0v) is 20.9. The molecule has 170 valence electrons. The van der Waals surface area contributed by atoms with E-state index in [-0.39, 0.29) is 24.0 Å². The summed E-state index contributed by atoms with van der Waals surface area (Å²) in [6.45, 7) is 7.55. The van der Waals surface area contributed by atoms with Crippen LogP contribution in [0.3, 0.4) is 0 Å². The average molecular weight is 546 g/mol. The van der Waals surface area contributed by atoms with Gasteiger partial charge in [-0.3, -0.25) is 5.10 Å². The van der Waals surface area contributed by atoms with Crippen molar-refractivity contribution < 1.29 is 0 Å². The third kappa shape index (κ3) is 6.41. The lowest BCUT2D eigenvalue weighted by molar-refractivity contribution is 0.459.